The molecule has 0 rings (SSSR count). The van der Waals surface area contributed by atoms with E-state index in [0.717, 1.165) is 6.54 Å². The lowest BCUT2D eigenvalue weighted by Crippen LogP contribution is -2.37. The van der Waals surface area contributed by atoms with Gasteiger partial charge in [-0.1, -0.05) is 13.8 Å². The third-order valence-corrected chi connectivity index (χ3v) is 1.87. The highest BCUT2D eigenvalue weighted by Crippen LogP contribution is 2.00. The highest BCUT2D eigenvalue weighted by molar-refractivity contribution is 5.84. The molecule has 1 atom stereocenters. The van der Waals surface area contributed by atoms with Crippen molar-refractivity contribution in [2.45, 2.75) is 39.2 Å². The molecule has 13 heavy (non-hydrogen) atoms. The number of Topliss-reactive ketones (excluding diaryl/α,β-unsaturated/α-hetero) is 1. The fourth-order valence-electron chi connectivity index (χ4n) is 1.16. The van der Waals surface area contributed by atoms with Crippen LogP contribution in [0.3, 0.4) is 0 Å². The van der Waals surface area contributed by atoms with Crippen LogP contribution in [-0.2, 0) is 9.59 Å². The first kappa shape index (κ1) is 12.1. The van der Waals surface area contributed by atoms with E-state index >= 15 is 0 Å². The molecule has 0 heterocycles. The van der Waals surface area contributed by atoms with Crippen LogP contribution in [0.2, 0.25) is 0 Å². The quantitative estimate of drug-likeness (QED) is 0.597. The summed E-state index contributed by atoms with van der Waals surface area (Å²) in [6.45, 7) is 4.48. The van der Waals surface area contributed by atoms with Gasteiger partial charge in [0.15, 0.2) is 0 Å². The zero-order chi connectivity index (χ0) is 10.3. The van der Waals surface area contributed by atoms with Crippen molar-refractivity contribution < 1.29 is 9.59 Å². The van der Waals surface area contributed by atoms with Crippen LogP contribution in [0.15, 0.2) is 0 Å². The van der Waals surface area contributed by atoms with Gasteiger partial charge in [0.1, 0.15) is 5.78 Å². The largest absolute Gasteiger partial charge is 0.370 e. The molecule has 0 aliphatic heterocycles. The number of primary amides is 1. The van der Waals surface area contributed by atoms with Crippen molar-refractivity contribution in [1.29, 1.82) is 0 Å². The molecule has 4 nitrogen and oxygen atoms in total. The van der Waals surface area contributed by atoms with Crippen LogP contribution in [-0.4, -0.2) is 24.3 Å². The van der Waals surface area contributed by atoms with Crippen molar-refractivity contribution in [3.63, 3.8) is 0 Å². The number of nitrogens with two attached hydrogens (primary N) is 1. The Morgan fingerprint density at radius 3 is 2.38 bits per heavy atom. The molecule has 0 saturated carbocycles. The number of nitrogens with one attached hydrogen (secondary N) is 1. The highest BCUT2D eigenvalue weighted by atomic mass is 16.1. The van der Waals surface area contributed by atoms with E-state index in [4.69, 9.17) is 5.73 Å². The first-order valence-corrected chi connectivity index (χ1v) is 4.66. The minimum atomic E-state index is -0.355. The van der Waals surface area contributed by atoms with Crippen molar-refractivity contribution in [3.8, 4) is 0 Å². The number of likely N-dealkylation sites (N-methyl/N-ethyl adjacent to an activating group) is 1. The monoisotopic (exact) mass is 186 g/mol. The zero-order valence-corrected chi connectivity index (χ0v) is 8.30. The summed E-state index contributed by atoms with van der Waals surface area (Å²) in [4.78, 5) is 21.8. The lowest BCUT2D eigenvalue weighted by molar-refractivity contribution is -0.121. The van der Waals surface area contributed by atoms with Crippen LogP contribution in [0.5, 0.6) is 0 Å². The Balaban J connectivity index is 3.93. The summed E-state index contributed by atoms with van der Waals surface area (Å²) >= 11 is 0. The highest BCUT2D eigenvalue weighted by Gasteiger charge is 2.15. The van der Waals surface area contributed by atoms with Gasteiger partial charge in [0.25, 0.3) is 0 Å². The Labute approximate surface area is 78.9 Å². The Bertz CT molecular complexity index is 180. The molecule has 0 fully saturated rings. The maximum absolute atomic E-state index is 11.3. The van der Waals surface area contributed by atoms with Crippen LogP contribution in [0, 0.1) is 0 Å². The van der Waals surface area contributed by atoms with Gasteiger partial charge in [-0.2, -0.15) is 0 Å². The second-order valence-electron chi connectivity index (χ2n) is 2.94. The molecule has 1 unspecified atom stereocenters. The average Bonchev–Trinajstić information content (AvgIpc) is 2.10. The van der Waals surface area contributed by atoms with E-state index < -0.39 is 0 Å². The van der Waals surface area contributed by atoms with Gasteiger partial charge in [-0.15, -0.1) is 0 Å². The predicted octanol–water partition coefficient (Wildman–Crippen LogP) is 0.209. The summed E-state index contributed by atoms with van der Waals surface area (Å²) in [5.74, 6) is -0.213. The van der Waals surface area contributed by atoms with Gasteiger partial charge < -0.3 is 11.1 Å². The molecular weight excluding hydrogens is 168 g/mol. The maximum atomic E-state index is 11.3. The summed E-state index contributed by atoms with van der Waals surface area (Å²) in [5.41, 5.74) is 5.00. The topological polar surface area (TPSA) is 72.2 Å². The van der Waals surface area contributed by atoms with E-state index in [1.165, 1.54) is 0 Å². The van der Waals surface area contributed by atoms with Gasteiger partial charge in [-0.3, -0.25) is 9.59 Å². The molecule has 0 aromatic heterocycles. The molecule has 0 aromatic carbocycles. The lowest BCUT2D eigenvalue weighted by Gasteiger charge is -2.14. The van der Waals surface area contributed by atoms with E-state index in [-0.39, 0.29) is 24.2 Å². The summed E-state index contributed by atoms with van der Waals surface area (Å²) in [6.07, 6.45) is 1.27. The molecule has 4 heteroatoms. The predicted molar refractivity (Wildman–Crippen MR) is 51.2 cm³/mol. The summed E-state index contributed by atoms with van der Waals surface area (Å²) in [5, 5.41) is 3.03. The van der Waals surface area contributed by atoms with E-state index in [9.17, 15) is 9.59 Å². The fraction of sp³-hybridized carbons (Fsp3) is 0.778. The SMILES string of the molecule is CCNC(CCC(N)=O)C(=O)CC. The first-order valence-electron chi connectivity index (χ1n) is 4.66. The van der Waals surface area contributed by atoms with Gasteiger partial charge in [0.05, 0.1) is 6.04 Å². The minimum absolute atomic E-state index is 0.142. The Kier molecular flexibility index (Phi) is 6.14. The van der Waals surface area contributed by atoms with Crippen molar-refractivity contribution in [1.82, 2.24) is 5.32 Å². The van der Waals surface area contributed by atoms with Gasteiger partial charge in [0, 0.05) is 12.8 Å². The lowest BCUT2D eigenvalue weighted by atomic mass is 10.0. The van der Waals surface area contributed by atoms with Crippen molar-refractivity contribution in [2.75, 3.05) is 6.54 Å². The Morgan fingerprint density at radius 1 is 1.38 bits per heavy atom. The molecule has 0 bridgehead atoms. The number of hydrogen-bond donors (Lipinski definition) is 2. The zero-order valence-electron chi connectivity index (χ0n) is 8.30. The minimum Gasteiger partial charge on any atom is -0.370 e. The molecule has 1 amide bonds. The second-order valence-corrected chi connectivity index (χ2v) is 2.94. The molecule has 0 spiro atoms. The molecule has 76 valence electrons. The van der Waals surface area contributed by atoms with Crippen molar-refractivity contribution in [3.05, 3.63) is 0 Å². The van der Waals surface area contributed by atoms with Gasteiger partial charge >= 0.3 is 0 Å². The number of amides is 1. The standard InChI is InChI=1S/C9H18N2O2/c1-3-8(12)7(11-4-2)5-6-9(10)13/h7,11H,3-6H2,1-2H3,(H2,10,13). The number of carbonyl (C=O) groups excluding carboxylic acids is 2. The van der Waals surface area contributed by atoms with Crippen LogP contribution in [0.4, 0.5) is 0 Å². The summed E-state index contributed by atoms with van der Waals surface area (Å²) in [6, 6.07) is -0.206. The number of ketones is 1. The summed E-state index contributed by atoms with van der Waals surface area (Å²) < 4.78 is 0. The van der Waals surface area contributed by atoms with Crippen LogP contribution < -0.4 is 11.1 Å². The van der Waals surface area contributed by atoms with E-state index in [2.05, 4.69) is 5.32 Å². The van der Waals surface area contributed by atoms with E-state index in [0.29, 0.717) is 12.8 Å². The number of carbonyl (C=O) groups is 2. The molecule has 0 saturated heterocycles. The van der Waals surface area contributed by atoms with E-state index in [1.807, 2.05) is 13.8 Å². The average molecular weight is 186 g/mol. The van der Waals surface area contributed by atoms with Gasteiger partial charge in [-0.05, 0) is 13.0 Å². The van der Waals surface area contributed by atoms with Crippen LogP contribution in [0.1, 0.15) is 33.1 Å². The fourth-order valence-corrected chi connectivity index (χ4v) is 1.16. The smallest absolute Gasteiger partial charge is 0.217 e. The molecular formula is C9H18N2O2. The third-order valence-electron chi connectivity index (χ3n) is 1.87. The Morgan fingerprint density at radius 2 is 2.00 bits per heavy atom. The van der Waals surface area contributed by atoms with Crippen molar-refractivity contribution >= 4 is 11.7 Å². The van der Waals surface area contributed by atoms with Gasteiger partial charge in [0.2, 0.25) is 5.91 Å². The molecule has 0 aliphatic rings. The Hall–Kier alpha value is -0.900. The first-order chi connectivity index (χ1) is 6.11. The number of hydrogen-bond acceptors (Lipinski definition) is 3. The van der Waals surface area contributed by atoms with Crippen LogP contribution >= 0.6 is 0 Å². The van der Waals surface area contributed by atoms with E-state index in [1.54, 1.807) is 0 Å². The third kappa shape index (κ3) is 5.36. The van der Waals surface area contributed by atoms with Gasteiger partial charge in [-0.25, -0.2) is 0 Å². The second kappa shape index (κ2) is 6.60. The summed E-state index contributed by atoms with van der Waals surface area (Å²) in [7, 11) is 0. The molecule has 3 N–H and O–H groups in total. The molecule has 0 radical (unpaired) electrons. The number of rotatable bonds is 7. The maximum Gasteiger partial charge on any atom is 0.217 e. The normalized spacial score (nSPS) is 12.5. The molecule has 0 aromatic rings. The van der Waals surface area contributed by atoms with Crippen LogP contribution in [0.25, 0.3) is 0 Å². The van der Waals surface area contributed by atoms with Crippen molar-refractivity contribution in [2.24, 2.45) is 5.73 Å². The molecule has 0 aliphatic carbocycles.